The molecule has 0 aromatic carbocycles. The molecule has 0 aromatic rings. The van der Waals surface area contributed by atoms with Crippen molar-refractivity contribution in [2.75, 3.05) is 113 Å². The molecule has 0 atom stereocenters. The third kappa shape index (κ3) is 26.7. The minimum absolute atomic E-state index is 0.0153. The van der Waals surface area contributed by atoms with Gasteiger partial charge in [-0.25, -0.2) is 0 Å². The minimum atomic E-state index is -0.305. The Morgan fingerprint density at radius 3 is 1.39 bits per heavy atom. The van der Waals surface area contributed by atoms with Gasteiger partial charge >= 0.3 is 0 Å². The molecule has 0 aliphatic carbocycles. The number of nitrogens with one attached hydrogen (secondary N) is 2. The molecule has 0 rings (SSSR count). The fourth-order valence-electron chi connectivity index (χ4n) is 2.96. The zero-order valence-corrected chi connectivity index (χ0v) is 24.9. The van der Waals surface area contributed by atoms with Crippen molar-refractivity contribution in [3.05, 3.63) is 0 Å². The summed E-state index contributed by atoms with van der Waals surface area (Å²) in [4.78, 5) is 11.2. The van der Waals surface area contributed by atoms with Crippen LogP contribution in [-0.4, -0.2) is 130 Å². The van der Waals surface area contributed by atoms with Crippen LogP contribution < -0.4 is 10.6 Å². The van der Waals surface area contributed by atoms with Gasteiger partial charge in [-0.2, -0.15) is 0 Å². The Balaban J connectivity index is 3.50. The molecule has 0 aromatic heterocycles. The van der Waals surface area contributed by atoms with E-state index in [2.05, 4.69) is 24.5 Å². The van der Waals surface area contributed by atoms with Crippen molar-refractivity contribution in [3.8, 4) is 0 Å². The van der Waals surface area contributed by atoms with Crippen LogP contribution in [0.4, 0.5) is 0 Å². The molecule has 0 radical (unpaired) electrons. The highest BCUT2D eigenvalue weighted by Crippen LogP contribution is 2.19. The van der Waals surface area contributed by atoms with E-state index >= 15 is 0 Å². The fourth-order valence-corrected chi connectivity index (χ4v) is 2.96. The fraction of sp³-hybridized carbons (Fsp3) is 0.963. The van der Waals surface area contributed by atoms with Gasteiger partial charge in [-0.15, -0.1) is 0 Å². The standard InChI is InChI=1S/C27H56N2O9/c1-26(2,8-12-31-11-7-25(30)29-6)37-13-9-27(3,4)38-24-23-36-22-21-35-20-19-34-18-17-33-16-15-32-14-10-28-5/h28H,7-24H2,1-6H3,(H,29,30). The van der Waals surface area contributed by atoms with Crippen molar-refractivity contribution in [1.29, 1.82) is 0 Å². The summed E-state index contributed by atoms with van der Waals surface area (Å²) in [5.41, 5.74) is -0.604. The van der Waals surface area contributed by atoms with E-state index in [1.54, 1.807) is 7.05 Å². The number of rotatable bonds is 29. The summed E-state index contributed by atoms with van der Waals surface area (Å²) in [7, 11) is 3.52. The van der Waals surface area contributed by atoms with Crippen molar-refractivity contribution < 1.29 is 42.7 Å². The van der Waals surface area contributed by atoms with Gasteiger partial charge < -0.3 is 48.5 Å². The summed E-state index contributed by atoms with van der Waals surface area (Å²) in [6.45, 7) is 16.7. The highest BCUT2D eigenvalue weighted by atomic mass is 16.6. The summed E-state index contributed by atoms with van der Waals surface area (Å²) in [6.07, 6.45) is 1.90. The van der Waals surface area contributed by atoms with Crippen LogP contribution >= 0.6 is 0 Å². The van der Waals surface area contributed by atoms with Crippen molar-refractivity contribution in [3.63, 3.8) is 0 Å². The number of hydrogen-bond donors (Lipinski definition) is 2. The van der Waals surface area contributed by atoms with Crippen LogP contribution in [0, 0.1) is 0 Å². The van der Waals surface area contributed by atoms with Gasteiger partial charge in [0.25, 0.3) is 0 Å². The normalized spacial score (nSPS) is 12.3. The molecule has 0 aliphatic heterocycles. The zero-order valence-electron chi connectivity index (χ0n) is 24.9. The molecule has 0 bridgehead atoms. The van der Waals surface area contributed by atoms with Crippen molar-refractivity contribution in [2.24, 2.45) is 0 Å². The van der Waals surface area contributed by atoms with Crippen molar-refractivity contribution in [1.82, 2.24) is 10.6 Å². The van der Waals surface area contributed by atoms with E-state index in [1.165, 1.54) is 0 Å². The van der Waals surface area contributed by atoms with E-state index in [-0.39, 0.29) is 17.1 Å². The third-order valence-electron chi connectivity index (χ3n) is 5.50. The minimum Gasteiger partial charge on any atom is -0.381 e. The molecule has 11 heteroatoms. The maximum Gasteiger partial charge on any atom is 0.222 e. The summed E-state index contributed by atoms with van der Waals surface area (Å²) in [5, 5.41) is 5.60. The van der Waals surface area contributed by atoms with Gasteiger partial charge in [-0.05, 0) is 47.6 Å². The van der Waals surface area contributed by atoms with Gasteiger partial charge in [0.15, 0.2) is 0 Å². The largest absolute Gasteiger partial charge is 0.381 e. The molecule has 0 saturated heterocycles. The van der Waals surface area contributed by atoms with Crippen LogP contribution in [0.25, 0.3) is 0 Å². The lowest BCUT2D eigenvalue weighted by molar-refractivity contribution is -0.121. The highest BCUT2D eigenvalue weighted by molar-refractivity contribution is 5.75. The maximum absolute atomic E-state index is 11.2. The molecule has 228 valence electrons. The molecule has 0 aliphatic rings. The molecule has 11 nitrogen and oxygen atoms in total. The number of likely N-dealkylation sites (N-methyl/N-ethyl adjacent to an activating group) is 1. The van der Waals surface area contributed by atoms with Crippen LogP contribution in [0.1, 0.15) is 47.0 Å². The SMILES string of the molecule is CNCCOCCOCCOCCOCCOCCOC(C)(C)CCOC(C)(C)CCOCCC(=O)NC. The first-order chi connectivity index (χ1) is 18.2. The van der Waals surface area contributed by atoms with Crippen LogP contribution in [0.2, 0.25) is 0 Å². The Hall–Kier alpha value is -0.890. The van der Waals surface area contributed by atoms with Crippen molar-refractivity contribution >= 4 is 5.91 Å². The second kappa shape index (κ2) is 25.1. The topological polar surface area (TPSA) is 115 Å². The number of carbonyl (C=O) groups excluding carboxylic acids is 1. The molecule has 0 heterocycles. The van der Waals surface area contributed by atoms with Gasteiger partial charge in [0.2, 0.25) is 5.91 Å². The summed E-state index contributed by atoms with van der Waals surface area (Å²) in [5.74, 6) is -0.0153. The lowest BCUT2D eigenvalue weighted by Crippen LogP contribution is -2.32. The first kappa shape index (κ1) is 37.1. The van der Waals surface area contributed by atoms with E-state index in [4.69, 9.17) is 37.9 Å². The number of hydrogen-bond acceptors (Lipinski definition) is 10. The molecule has 0 unspecified atom stereocenters. The molecule has 0 spiro atoms. The molecule has 1 amide bonds. The molecule has 2 N–H and O–H groups in total. The van der Waals surface area contributed by atoms with Crippen molar-refractivity contribution in [2.45, 2.75) is 58.2 Å². The Bertz CT molecular complexity index is 537. The van der Waals surface area contributed by atoms with Gasteiger partial charge in [-0.1, -0.05) is 0 Å². The van der Waals surface area contributed by atoms with Crippen LogP contribution in [0.3, 0.4) is 0 Å². The first-order valence-electron chi connectivity index (χ1n) is 13.8. The second-order valence-corrected chi connectivity index (χ2v) is 9.92. The Kier molecular flexibility index (Phi) is 24.5. The van der Waals surface area contributed by atoms with Gasteiger partial charge in [0, 0.05) is 26.6 Å². The molecule has 0 saturated carbocycles. The molecule has 38 heavy (non-hydrogen) atoms. The Morgan fingerprint density at radius 2 is 0.921 bits per heavy atom. The van der Waals surface area contributed by atoms with Gasteiger partial charge in [-0.3, -0.25) is 4.79 Å². The smallest absolute Gasteiger partial charge is 0.222 e. The number of ether oxygens (including phenoxy) is 8. The van der Waals surface area contributed by atoms with Crippen LogP contribution in [-0.2, 0) is 42.7 Å². The van der Waals surface area contributed by atoms with Gasteiger partial charge in [0.05, 0.1) is 97.1 Å². The summed E-state index contributed by atoms with van der Waals surface area (Å²) >= 11 is 0. The summed E-state index contributed by atoms with van der Waals surface area (Å²) in [6, 6.07) is 0. The Labute approximate surface area is 230 Å². The average Bonchev–Trinajstić information content (AvgIpc) is 2.87. The molecular formula is C27H56N2O9. The number of amides is 1. The van der Waals surface area contributed by atoms with E-state index < -0.39 is 0 Å². The monoisotopic (exact) mass is 552 g/mol. The third-order valence-corrected chi connectivity index (χ3v) is 5.50. The van der Waals surface area contributed by atoms with Gasteiger partial charge in [0.1, 0.15) is 0 Å². The van der Waals surface area contributed by atoms with E-state index in [1.807, 2.05) is 20.9 Å². The second-order valence-electron chi connectivity index (χ2n) is 9.92. The lowest BCUT2D eigenvalue weighted by atomic mass is 10.0. The maximum atomic E-state index is 11.2. The van der Waals surface area contributed by atoms with Crippen LogP contribution in [0.15, 0.2) is 0 Å². The summed E-state index contributed by atoms with van der Waals surface area (Å²) < 4.78 is 44.9. The van der Waals surface area contributed by atoms with E-state index in [0.717, 1.165) is 19.4 Å². The lowest BCUT2D eigenvalue weighted by Gasteiger charge is -2.29. The molecule has 0 fully saturated rings. The zero-order chi connectivity index (χ0) is 28.4. The quantitative estimate of drug-likeness (QED) is 0.133. The predicted molar refractivity (Wildman–Crippen MR) is 147 cm³/mol. The predicted octanol–water partition coefficient (Wildman–Crippen LogP) is 1.81. The highest BCUT2D eigenvalue weighted by Gasteiger charge is 2.22. The molecular weight excluding hydrogens is 496 g/mol. The number of carbonyl (C=O) groups is 1. The average molecular weight is 553 g/mol. The first-order valence-corrected chi connectivity index (χ1v) is 13.8. The van der Waals surface area contributed by atoms with Crippen LogP contribution in [0.5, 0.6) is 0 Å². The van der Waals surface area contributed by atoms with E-state index in [9.17, 15) is 4.79 Å². The van der Waals surface area contributed by atoms with E-state index in [0.29, 0.717) is 98.9 Å². The Morgan fingerprint density at radius 1 is 0.526 bits per heavy atom.